The maximum absolute atomic E-state index is 13.8. The summed E-state index contributed by atoms with van der Waals surface area (Å²) in [5.74, 6) is -0.0688. The minimum absolute atomic E-state index is 0.0225. The van der Waals surface area contributed by atoms with Crippen LogP contribution in [0.1, 0.15) is 56.6 Å². The largest absolute Gasteiger partial charge is 0.497 e. The highest BCUT2D eigenvalue weighted by atomic mass is 35.5. The highest BCUT2D eigenvalue weighted by Crippen LogP contribution is 2.50. The smallest absolute Gasteiger partial charge is 0.315 e. The minimum Gasteiger partial charge on any atom is -0.497 e. The number of carbonyl (C=O) groups is 2. The first-order valence-corrected chi connectivity index (χ1v) is 12.4. The van der Waals surface area contributed by atoms with Gasteiger partial charge in [-0.3, -0.25) is 14.6 Å². The molecular weight excluding hydrogens is 482 g/mol. The van der Waals surface area contributed by atoms with Crippen LogP contribution in [0.25, 0.3) is 0 Å². The van der Waals surface area contributed by atoms with Gasteiger partial charge in [0.25, 0.3) is 0 Å². The highest BCUT2D eigenvalue weighted by Gasteiger charge is 2.46. The lowest BCUT2D eigenvalue weighted by molar-refractivity contribution is -0.150. The average Bonchev–Trinajstić information content (AvgIpc) is 3.29. The Morgan fingerprint density at radius 3 is 2.47 bits per heavy atom. The standard InChI is InChI=1S/C28H28ClNO6/c1-14(2)36-28(32)25-15(3)30-21-9-17(16-5-7-18(33-4)8-6-16)10-22(31)27(21)26(25)19-11-23-24(12-20(19)29)35-13-34-23/h5-8,11-12,14,17,25-26H,9-10,13H2,1-4H3/t17-,25?,26-/m1/s1. The molecule has 3 aliphatic rings. The second-order valence-corrected chi connectivity index (χ2v) is 9.99. The third-order valence-electron chi connectivity index (χ3n) is 6.91. The fourth-order valence-corrected chi connectivity index (χ4v) is 5.56. The number of aliphatic imine (C=N–C) groups is 1. The number of allylic oxidation sites excluding steroid dienone is 2. The number of carbonyl (C=O) groups excluding carboxylic acids is 2. The number of halogens is 1. The number of hydrogen-bond acceptors (Lipinski definition) is 7. The zero-order valence-electron chi connectivity index (χ0n) is 20.7. The molecule has 7 nitrogen and oxygen atoms in total. The summed E-state index contributed by atoms with van der Waals surface area (Å²) >= 11 is 6.72. The Hall–Kier alpha value is -3.32. The first-order chi connectivity index (χ1) is 17.3. The summed E-state index contributed by atoms with van der Waals surface area (Å²) in [5, 5.41) is 0.401. The minimum atomic E-state index is -0.773. The van der Waals surface area contributed by atoms with Gasteiger partial charge in [0.15, 0.2) is 17.3 Å². The van der Waals surface area contributed by atoms with E-state index in [4.69, 9.17) is 35.5 Å². The van der Waals surface area contributed by atoms with E-state index in [1.54, 1.807) is 33.1 Å². The molecule has 2 aromatic carbocycles. The molecule has 0 amide bonds. The second kappa shape index (κ2) is 9.62. The monoisotopic (exact) mass is 509 g/mol. The van der Waals surface area contributed by atoms with Crippen molar-refractivity contribution in [3.8, 4) is 17.2 Å². The number of esters is 1. The van der Waals surface area contributed by atoms with Crippen molar-refractivity contribution in [1.82, 2.24) is 0 Å². The van der Waals surface area contributed by atoms with Gasteiger partial charge in [-0.15, -0.1) is 0 Å². The van der Waals surface area contributed by atoms with Crippen LogP contribution in [0.4, 0.5) is 0 Å². The number of Topliss-reactive ketones (excluding diaryl/α,β-unsaturated/α-hetero) is 1. The summed E-state index contributed by atoms with van der Waals surface area (Å²) in [4.78, 5) is 31.9. The van der Waals surface area contributed by atoms with Crippen molar-refractivity contribution in [3.63, 3.8) is 0 Å². The van der Waals surface area contributed by atoms with Crippen LogP contribution in [0, 0.1) is 5.92 Å². The Kier molecular flexibility index (Phi) is 6.51. The topological polar surface area (TPSA) is 83.4 Å². The number of benzene rings is 2. The van der Waals surface area contributed by atoms with Gasteiger partial charge < -0.3 is 18.9 Å². The van der Waals surface area contributed by atoms with Crippen LogP contribution < -0.4 is 14.2 Å². The number of hydrogen-bond donors (Lipinski definition) is 0. The van der Waals surface area contributed by atoms with Crippen LogP contribution in [-0.2, 0) is 14.3 Å². The fourth-order valence-electron chi connectivity index (χ4n) is 5.29. The normalized spacial score (nSPS) is 22.9. The lowest BCUT2D eigenvalue weighted by Gasteiger charge is -2.37. The summed E-state index contributed by atoms with van der Waals surface area (Å²) in [6.45, 7) is 5.50. The Morgan fingerprint density at radius 1 is 1.11 bits per heavy atom. The van der Waals surface area contributed by atoms with Gasteiger partial charge in [0.05, 0.1) is 13.2 Å². The van der Waals surface area contributed by atoms with Crippen molar-refractivity contribution < 1.29 is 28.5 Å². The summed E-state index contributed by atoms with van der Waals surface area (Å²) in [6.07, 6.45) is 0.578. The van der Waals surface area contributed by atoms with Crippen LogP contribution in [0.2, 0.25) is 5.02 Å². The Bertz CT molecular complexity index is 1280. The zero-order valence-corrected chi connectivity index (χ0v) is 21.4. The Labute approximate surface area is 215 Å². The molecule has 2 heterocycles. The molecule has 2 aromatic rings. The second-order valence-electron chi connectivity index (χ2n) is 9.58. The summed E-state index contributed by atoms with van der Waals surface area (Å²) in [6, 6.07) is 11.2. The fraction of sp³-hybridized carbons (Fsp3) is 0.393. The van der Waals surface area contributed by atoms with Crippen molar-refractivity contribution >= 4 is 29.1 Å². The molecular formula is C28H28ClNO6. The quantitative estimate of drug-likeness (QED) is 0.487. The molecule has 188 valence electrons. The van der Waals surface area contributed by atoms with Gasteiger partial charge in [0, 0.05) is 40.4 Å². The van der Waals surface area contributed by atoms with Gasteiger partial charge >= 0.3 is 5.97 Å². The van der Waals surface area contributed by atoms with E-state index in [2.05, 4.69) is 0 Å². The van der Waals surface area contributed by atoms with Crippen molar-refractivity contribution in [1.29, 1.82) is 0 Å². The molecule has 0 spiro atoms. The van der Waals surface area contributed by atoms with Crippen molar-refractivity contribution in [3.05, 3.63) is 63.8 Å². The molecule has 8 heteroatoms. The number of ether oxygens (including phenoxy) is 4. The predicted molar refractivity (Wildman–Crippen MR) is 135 cm³/mol. The van der Waals surface area contributed by atoms with E-state index in [1.165, 1.54) is 0 Å². The molecule has 0 saturated carbocycles. The van der Waals surface area contributed by atoms with Crippen molar-refractivity contribution in [2.45, 2.75) is 51.6 Å². The number of ketones is 1. The number of fused-ring (bicyclic) bond motifs is 1. The summed E-state index contributed by atoms with van der Waals surface area (Å²) in [7, 11) is 1.62. The van der Waals surface area contributed by atoms with Gasteiger partial charge in [0.2, 0.25) is 6.79 Å². The third-order valence-corrected chi connectivity index (χ3v) is 7.24. The van der Waals surface area contributed by atoms with Gasteiger partial charge in [0.1, 0.15) is 11.7 Å². The highest BCUT2D eigenvalue weighted by molar-refractivity contribution is 6.32. The number of nitrogens with zero attached hydrogens (tertiary/aromatic N) is 1. The molecule has 1 aliphatic carbocycles. The molecule has 1 unspecified atom stereocenters. The van der Waals surface area contributed by atoms with Crippen LogP contribution in [-0.4, -0.2) is 37.5 Å². The SMILES string of the molecule is COc1ccc([C@H]2CC(=O)C3=C(C2)N=C(C)C(C(=O)OC(C)C)[C@H]3c2cc3c(cc2Cl)OCO3)cc1. The summed E-state index contributed by atoms with van der Waals surface area (Å²) in [5.41, 5.74) is 3.49. The van der Waals surface area contributed by atoms with Crippen LogP contribution in [0.5, 0.6) is 17.2 Å². The van der Waals surface area contributed by atoms with E-state index >= 15 is 0 Å². The lowest BCUT2D eigenvalue weighted by Crippen LogP contribution is -2.38. The predicted octanol–water partition coefficient (Wildman–Crippen LogP) is 5.60. The zero-order chi connectivity index (χ0) is 25.6. The number of rotatable bonds is 5. The Balaban J connectivity index is 1.60. The molecule has 2 aliphatic heterocycles. The molecule has 5 rings (SSSR count). The van der Waals surface area contributed by atoms with E-state index < -0.39 is 17.8 Å². The molecule has 36 heavy (non-hydrogen) atoms. The van der Waals surface area contributed by atoms with Crippen LogP contribution in [0.3, 0.4) is 0 Å². The molecule has 0 fully saturated rings. The van der Waals surface area contributed by atoms with E-state index in [0.29, 0.717) is 51.9 Å². The lowest BCUT2D eigenvalue weighted by atomic mass is 9.69. The molecule has 0 aromatic heterocycles. The third kappa shape index (κ3) is 4.37. The van der Waals surface area contributed by atoms with Crippen molar-refractivity contribution in [2.24, 2.45) is 10.9 Å². The molecule has 0 N–H and O–H groups in total. The molecule has 0 bridgehead atoms. The maximum Gasteiger partial charge on any atom is 0.315 e. The van der Waals surface area contributed by atoms with Gasteiger partial charge in [-0.2, -0.15) is 0 Å². The van der Waals surface area contributed by atoms with E-state index in [9.17, 15) is 9.59 Å². The first-order valence-electron chi connectivity index (χ1n) is 12.0. The van der Waals surface area contributed by atoms with Gasteiger partial charge in [-0.05, 0) is 62.4 Å². The molecule has 0 saturated heterocycles. The molecule has 0 radical (unpaired) electrons. The van der Waals surface area contributed by atoms with E-state index in [-0.39, 0.29) is 24.6 Å². The van der Waals surface area contributed by atoms with Crippen molar-refractivity contribution in [2.75, 3.05) is 13.9 Å². The van der Waals surface area contributed by atoms with E-state index in [1.807, 2.05) is 31.2 Å². The average molecular weight is 510 g/mol. The number of methoxy groups -OCH3 is 1. The molecule has 3 atom stereocenters. The maximum atomic E-state index is 13.8. The van der Waals surface area contributed by atoms with Gasteiger partial charge in [-0.1, -0.05) is 23.7 Å². The van der Waals surface area contributed by atoms with Crippen LogP contribution in [0.15, 0.2) is 52.7 Å². The van der Waals surface area contributed by atoms with E-state index in [0.717, 1.165) is 11.3 Å². The van der Waals surface area contributed by atoms with Gasteiger partial charge in [-0.25, -0.2) is 0 Å². The van der Waals surface area contributed by atoms with Crippen LogP contribution >= 0.6 is 11.6 Å². The summed E-state index contributed by atoms with van der Waals surface area (Å²) < 4.78 is 21.9. The first kappa shape index (κ1) is 24.4. The Morgan fingerprint density at radius 2 is 1.81 bits per heavy atom.